The number of amides is 2. The van der Waals surface area contributed by atoms with Gasteiger partial charge in [0.25, 0.3) is 5.91 Å². The molecule has 0 spiro atoms. The topological polar surface area (TPSA) is 131 Å². The van der Waals surface area contributed by atoms with Crippen LogP contribution in [0.4, 0.5) is 4.79 Å². The minimum absolute atomic E-state index is 0.0408. The Morgan fingerprint density at radius 3 is 2.00 bits per heavy atom. The minimum atomic E-state index is -1.43. The van der Waals surface area contributed by atoms with E-state index in [1.54, 1.807) is 32.9 Å². The number of aliphatic carboxylic acids is 1. The number of carboxylic acid groups (broad SMARTS) is 1. The Morgan fingerprint density at radius 2 is 1.45 bits per heavy atom. The van der Waals surface area contributed by atoms with Crippen LogP contribution in [0.3, 0.4) is 0 Å². The second-order valence-corrected chi connectivity index (χ2v) is 10.5. The fourth-order valence-electron chi connectivity index (χ4n) is 4.59. The second kappa shape index (κ2) is 12.0. The molecule has 0 aromatic heterocycles. The zero-order valence-electron chi connectivity index (χ0n) is 22.6. The van der Waals surface area contributed by atoms with Crippen molar-refractivity contribution in [2.45, 2.75) is 51.3 Å². The summed E-state index contributed by atoms with van der Waals surface area (Å²) < 4.78 is 10.7. The van der Waals surface area contributed by atoms with Crippen LogP contribution in [0.25, 0.3) is 11.1 Å². The van der Waals surface area contributed by atoms with Crippen molar-refractivity contribution in [1.29, 1.82) is 0 Å². The highest BCUT2D eigenvalue weighted by molar-refractivity contribution is 5.97. The normalized spacial score (nSPS) is 13.0. The second-order valence-electron chi connectivity index (χ2n) is 10.5. The van der Waals surface area contributed by atoms with Crippen molar-refractivity contribution in [2.24, 2.45) is 0 Å². The molecule has 0 bridgehead atoms. The Labute approximate surface area is 232 Å². The molecule has 1 atom stereocenters. The van der Waals surface area contributed by atoms with Gasteiger partial charge in [-0.1, -0.05) is 60.7 Å². The van der Waals surface area contributed by atoms with E-state index < -0.39 is 42.0 Å². The first-order chi connectivity index (χ1) is 19.0. The molecular weight excluding hydrogens is 512 g/mol. The van der Waals surface area contributed by atoms with Crippen LogP contribution in [0.15, 0.2) is 72.8 Å². The zero-order chi connectivity index (χ0) is 28.9. The number of carbonyl (C=O) groups is 4. The number of fused-ring (bicyclic) bond motifs is 3. The van der Waals surface area contributed by atoms with Gasteiger partial charge in [0.1, 0.15) is 18.2 Å². The number of hydrogen-bond donors (Lipinski definition) is 3. The predicted octanol–water partition coefficient (Wildman–Crippen LogP) is 4.64. The Hall–Kier alpha value is -4.66. The molecule has 0 fully saturated rings. The summed E-state index contributed by atoms with van der Waals surface area (Å²) in [6, 6.07) is 21.1. The molecule has 0 aliphatic heterocycles. The van der Waals surface area contributed by atoms with Crippen LogP contribution in [0.5, 0.6) is 0 Å². The SMILES string of the molecule is CC(C)(C)OC(=O)C[C@H](NC(=O)c1ccc(CNC(=O)OCC2c3ccccc3-c3ccccc32)cc1)C(=O)O. The maximum absolute atomic E-state index is 12.6. The molecule has 0 unspecified atom stereocenters. The van der Waals surface area contributed by atoms with E-state index in [1.807, 2.05) is 24.3 Å². The molecule has 9 nitrogen and oxygen atoms in total. The Kier molecular flexibility index (Phi) is 8.52. The molecule has 0 saturated carbocycles. The summed E-state index contributed by atoms with van der Waals surface area (Å²) in [5, 5.41) is 14.5. The lowest BCUT2D eigenvalue weighted by molar-refractivity contribution is -0.158. The van der Waals surface area contributed by atoms with Crippen LogP contribution in [-0.4, -0.2) is 47.3 Å². The third-order valence-electron chi connectivity index (χ3n) is 6.39. The van der Waals surface area contributed by atoms with Gasteiger partial charge in [0, 0.05) is 18.0 Å². The Balaban J connectivity index is 1.28. The van der Waals surface area contributed by atoms with E-state index in [1.165, 1.54) is 12.1 Å². The highest BCUT2D eigenvalue weighted by atomic mass is 16.6. The number of esters is 1. The van der Waals surface area contributed by atoms with E-state index in [2.05, 4.69) is 34.9 Å². The number of nitrogens with one attached hydrogen (secondary N) is 2. The molecule has 0 heterocycles. The highest BCUT2D eigenvalue weighted by Gasteiger charge is 2.29. The average molecular weight is 545 g/mol. The Bertz CT molecular complexity index is 1360. The lowest BCUT2D eigenvalue weighted by Crippen LogP contribution is -2.43. The average Bonchev–Trinajstić information content (AvgIpc) is 3.23. The van der Waals surface area contributed by atoms with Crippen molar-refractivity contribution in [3.8, 4) is 11.1 Å². The van der Waals surface area contributed by atoms with Crippen molar-refractivity contribution in [2.75, 3.05) is 6.61 Å². The zero-order valence-corrected chi connectivity index (χ0v) is 22.6. The van der Waals surface area contributed by atoms with Crippen molar-refractivity contribution in [3.05, 3.63) is 95.1 Å². The minimum Gasteiger partial charge on any atom is -0.480 e. The van der Waals surface area contributed by atoms with Gasteiger partial charge in [-0.15, -0.1) is 0 Å². The van der Waals surface area contributed by atoms with Crippen LogP contribution in [0.2, 0.25) is 0 Å². The van der Waals surface area contributed by atoms with Crippen LogP contribution in [0.1, 0.15) is 60.2 Å². The highest BCUT2D eigenvalue weighted by Crippen LogP contribution is 2.44. The van der Waals surface area contributed by atoms with Gasteiger partial charge in [-0.25, -0.2) is 9.59 Å². The predicted molar refractivity (Wildman–Crippen MR) is 148 cm³/mol. The van der Waals surface area contributed by atoms with Crippen molar-refractivity contribution >= 4 is 23.9 Å². The van der Waals surface area contributed by atoms with Crippen molar-refractivity contribution < 1.29 is 33.8 Å². The number of hydrogen-bond acceptors (Lipinski definition) is 6. The fourth-order valence-corrected chi connectivity index (χ4v) is 4.59. The van der Waals surface area contributed by atoms with Gasteiger partial charge in [-0.3, -0.25) is 9.59 Å². The quantitative estimate of drug-likeness (QED) is 0.335. The molecule has 9 heteroatoms. The molecule has 3 aromatic rings. The summed E-state index contributed by atoms with van der Waals surface area (Å²) in [6.45, 7) is 5.39. The first kappa shape index (κ1) is 28.4. The van der Waals surface area contributed by atoms with Gasteiger partial charge >= 0.3 is 18.0 Å². The molecule has 0 radical (unpaired) electrons. The molecule has 208 valence electrons. The number of ether oxygens (including phenoxy) is 2. The maximum atomic E-state index is 12.6. The summed E-state index contributed by atoms with van der Waals surface area (Å²) in [7, 11) is 0. The van der Waals surface area contributed by atoms with E-state index in [0.717, 1.165) is 22.3 Å². The van der Waals surface area contributed by atoms with Gasteiger partial charge in [0.15, 0.2) is 0 Å². The van der Waals surface area contributed by atoms with Gasteiger partial charge in [0.2, 0.25) is 0 Å². The van der Waals surface area contributed by atoms with Gasteiger partial charge < -0.3 is 25.2 Å². The molecule has 3 aromatic carbocycles. The van der Waals surface area contributed by atoms with Gasteiger partial charge in [-0.2, -0.15) is 0 Å². The summed E-state index contributed by atoms with van der Waals surface area (Å²) >= 11 is 0. The first-order valence-corrected chi connectivity index (χ1v) is 12.9. The maximum Gasteiger partial charge on any atom is 0.407 e. The van der Waals surface area contributed by atoms with E-state index in [4.69, 9.17) is 9.47 Å². The number of alkyl carbamates (subject to hydrolysis) is 1. The van der Waals surface area contributed by atoms with E-state index >= 15 is 0 Å². The van der Waals surface area contributed by atoms with Gasteiger partial charge in [0.05, 0.1) is 6.42 Å². The number of benzene rings is 3. The van der Waals surface area contributed by atoms with Crippen molar-refractivity contribution in [1.82, 2.24) is 10.6 Å². The van der Waals surface area contributed by atoms with Crippen LogP contribution in [-0.2, 0) is 25.6 Å². The van der Waals surface area contributed by atoms with Crippen LogP contribution in [0, 0.1) is 0 Å². The third kappa shape index (κ3) is 7.05. The number of carbonyl (C=O) groups excluding carboxylic acids is 3. The van der Waals surface area contributed by atoms with Crippen LogP contribution >= 0.6 is 0 Å². The van der Waals surface area contributed by atoms with Gasteiger partial charge in [-0.05, 0) is 60.7 Å². The Morgan fingerprint density at radius 1 is 0.875 bits per heavy atom. The molecule has 1 aliphatic carbocycles. The van der Waals surface area contributed by atoms with E-state index in [-0.39, 0.29) is 24.6 Å². The van der Waals surface area contributed by atoms with Crippen LogP contribution < -0.4 is 10.6 Å². The number of rotatable bonds is 9. The molecule has 4 rings (SSSR count). The first-order valence-electron chi connectivity index (χ1n) is 12.9. The monoisotopic (exact) mass is 544 g/mol. The lowest BCUT2D eigenvalue weighted by atomic mass is 9.98. The summed E-state index contributed by atoms with van der Waals surface area (Å²) in [6.07, 6.45) is -1.06. The smallest absolute Gasteiger partial charge is 0.407 e. The molecule has 2 amide bonds. The summed E-state index contributed by atoms with van der Waals surface area (Å²) in [5.41, 5.74) is 4.71. The van der Waals surface area contributed by atoms with Crippen molar-refractivity contribution in [3.63, 3.8) is 0 Å². The third-order valence-corrected chi connectivity index (χ3v) is 6.39. The summed E-state index contributed by atoms with van der Waals surface area (Å²) in [5.74, 6) is -2.76. The lowest BCUT2D eigenvalue weighted by Gasteiger charge is -2.21. The van der Waals surface area contributed by atoms with E-state index in [9.17, 15) is 24.3 Å². The molecule has 40 heavy (non-hydrogen) atoms. The fraction of sp³-hybridized carbons (Fsp3) is 0.290. The molecule has 3 N–H and O–H groups in total. The largest absolute Gasteiger partial charge is 0.480 e. The standard InChI is InChI=1S/C31H32N2O7/c1-31(2,3)40-27(34)16-26(29(36)37)33-28(35)20-14-12-19(13-15-20)17-32-30(38)39-18-25-23-10-6-4-8-21(23)22-9-5-7-11-24(22)25/h4-15,25-26H,16-18H2,1-3H3,(H,32,38)(H,33,35)(H,36,37)/t26-/m0/s1. The number of carboxylic acids is 1. The molecular formula is C31H32N2O7. The molecule has 1 aliphatic rings. The van der Waals surface area contributed by atoms with E-state index in [0.29, 0.717) is 5.56 Å². The molecule has 0 saturated heterocycles. The summed E-state index contributed by atoms with van der Waals surface area (Å²) in [4.78, 5) is 48.6.